The number of nitrogens with one attached hydrogen (secondary N) is 2. The Labute approximate surface area is 187 Å². The van der Waals surface area contributed by atoms with Gasteiger partial charge < -0.3 is 15.4 Å². The molecule has 1 atom stereocenters. The van der Waals surface area contributed by atoms with E-state index in [0.717, 1.165) is 28.2 Å². The van der Waals surface area contributed by atoms with Crippen LogP contribution in [0.25, 0.3) is 16.9 Å². The number of rotatable bonds is 5. The van der Waals surface area contributed by atoms with E-state index in [2.05, 4.69) is 20.7 Å². The van der Waals surface area contributed by atoms with Gasteiger partial charge in [-0.15, -0.1) is 5.10 Å². The second kappa shape index (κ2) is 10.2. The third-order valence-corrected chi connectivity index (χ3v) is 5.40. The molecule has 7 heteroatoms. The van der Waals surface area contributed by atoms with Gasteiger partial charge in [0.1, 0.15) is 17.4 Å². The van der Waals surface area contributed by atoms with Crippen LogP contribution in [-0.2, 0) is 0 Å². The Hall–Kier alpha value is -3.45. The van der Waals surface area contributed by atoms with Gasteiger partial charge in [0.25, 0.3) is 0 Å². The molecular weight excluding hydrogens is 405 g/mol. The number of halogens is 1. The van der Waals surface area contributed by atoms with Gasteiger partial charge in [-0.2, -0.15) is 0 Å². The van der Waals surface area contributed by atoms with Crippen molar-refractivity contribution >= 4 is 11.5 Å². The summed E-state index contributed by atoms with van der Waals surface area (Å²) in [5.41, 5.74) is 3.43. The van der Waals surface area contributed by atoms with Crippen LogP contribution in [0.15, 0.2) is 66.9 Å². The average molecular weight is 434 g/mol. The highest BCUT2D eigenvalue weighted by atomic mass is 19.1. The van der Waals surface area contributed by atoms with E-state index in [4.69, 9.17) is 4.74 Å². The molecule has 32 heavy (non-hydrogen) atoms. The molecule has 0 bridgehead atoms. The summed E-state index contributed by atoms with van der Waals surface area (Å²) in [6.45, 7) is 4.47. The Morgan fingerprint density at radius 2 is 1.88 bits per heavy atom. The monoisotopic (exact) mass is 433 g/mol. The number of fused-ring (bicyclic) bond motifs is 1. The van der Waals surface area contributed by atoms with E-state index in [1.165, 1.54) is 38.1 Å². The molecule has 166 valence electrons. The number of nitrogens with zero attached hydrogens (tertiary/aromatic N) is 3. The molecule has 0 radical (unpaired) electrons. The number of benzene rings is 2. The van der Waals surface area contributed by atoms with Crippen molar-refractivity contribution in [1.82, 2.24) is 19.9 Å². The molecule has 0 spiro atoms. The minimum Gasteiger partial charge on any atom is -0.497 e. The van der Waals surface area contributed by atoms with Gasteiger partial charge >= 0.3 is 0 Å². The molecule has 4 aromatic rings. The molecule has 2 aromatic carbocycles. The van der Waals surface area contributed by atoms with Crippen molar-refractivity contribution in [2.45, 2.75) is 25.8 Å². The Morgan fingerprint density at radius 1 is 1.06 bits per heavy atom. The van der Waals surface area contributed by atoms with Crippen LogP contribution in [0.3, 0.4) is 0 Å². The smallest absolute Gasteiger partial charge is 0.154 e. The van der Waals surface area contributed by atoms with Crippen molar-refractivity contribution in [2.24, 2.45) is 0 Å². The van der Waals surface area contributed by atoms with Gasteiger partial charge in [-0.1, -0.05) is 24.3 Å². The van der Waals surface area contributed by atoms with Crippen LogP contribution in [0.2, 0.25) is 0 Å². The molecule has 2 N–H and O–H groups in total. The Balaban J connectivity index is 0.000000433. The number of hydrogen-bond acceptors (Lipinski definition) is 5. The zero-order chi connectivity index (χ0) is 22.3. The highest BCUT2D eigenvalue weighted by molar-refractivity contribution is 5.65. The lowest BCUT2D eigenvalue weighted by Gasteiger charge is -2.15. The SMILES string of the molecule is C1CCNC1.COc1cccc(-c2cnc3ccc(NC(C)c4cccc(F)c4)nn23)c1. The van der Waals surface area contributed by atoms with E-state index in [1.807, 2.05) is 49.4 Å². The summed E-state index contributed by atoms with van der Waals surface area (Å²) < 4.78 is 20.6. The quantitative estimate of drug-likeness (QED) is 0.459. The Bertz CT molecular complexity index is 1160. The summed E-state index contributed by atoms with van der Waals surface area (Å²) in [7, 11) is 1.64. The van der Waals surface area contributed by atoms with Crippen molar-refractivity contribution in [3.05, 3.63) is 78.2 Å². The van der Waals surface area contributed by atoms with Crippen molar-refractivity contribution in [2.75, 3.05) is 25.5 Å². The highest BCUT2D eigenvalue weighted by Gasteiger charge is 2.11. The zero-order valence-corrected chi connectivity index (χ0v) is 18.4. The lowest BCUT2D eigenvalue weighted by molar-refractivity contribution is 0.415. The zero-order valence-electron chi connectivity index (χ0n) is 18.4. The van der Waals surface area contributed by atoms with Crippen LogP contribution in [-0.4, -0.2) is 34.8 Å². The molecule has 0 aliphatic carbocycles. The normalized spacial score (nSPS) is 14.0. The first-order chi connectivity index (χ1) is 15.6. The van der Waals surface area contributed by atoms with E-state index >= 15 is 0 Å². The molecule has 6 nitrogen and oxygen atoms in total. The summed E-state index contributed by atoms with van der Waals surface area (Å²) in [6.07, 6.45) is 4.57. The van der Waals surface area contributed by atoms with Crippen LogP contribution in [0.1, 0.15) is 31.4 Å². The second-order valence-corrected chi connectivity index (χ2v) is 7.74. The maximum absolute atomic E-state index is 13.5. The Morgan fingerprint density at radius 3 is 2.59 bits per heavy atom. The lowest BCUT2D eigenvalue weighted by atomic mass is 10.1. The summed E-state index contributed by atoms with van der Waals surface area (Å²) in [4.78, 5) is 4.42. The minimum absolute atomic E-state index is 0.0885. The van der Waals surface area contributed by atoms with Gasteiger partial charge in [-0.25, -0.2) is 13.9 Å². The third-order valence-electron chi connectivity index (χ3n) is 5.40. The predicted molar refractivity (Wildman–Crippen MR) is 126 cm³/mol. The fourth-order valence-corrected chi connectivity index (χ4v) is 3.64. The van der Waals surface area contributed by atoms with Gasteiger partial charge in [0.2, 0.25) is 0 Å². The second-order valence-electron chi connectivity index (χ2n) is 7.74. The topological polar surface area (TPSA) is 63.5 Å². The molecule has 5 rings (SSSR count). The maximum atomic E-state index is 13.5. The summed E-state index contributed by atoms with van der Waals surface area (Å²) in [6, 6.07) is 18.0. The van der Waals surface area contributed by atoms with E-state index < -0.39 is 0 Å². The molecule has 0 amide bonds. The summed E-state index contributed by atoms with van der Waals surface area (Å²) >= 11 is 0. The average Bonchev–Trinajstić information content (AvgIpc) is 3.52. The van der Waals surface area contributed by atoms with E-state index in [0.29, 0.717) is 5.82 Å². The van der Waals surface area contributed by atoms with Gasteiger partial charge in [0.15, 0.2) is 5.65 Å². The fraction of sp³-hybridized carbons (Fsp3) is 0.280. The largest absolute Gasteiger partial charge is 0.497 e. The van der Waals surface area contributed by atoms with Crippen molar-refractivity contribution in [3.8, 4) is 17.0 Å². The number of ether oxygens (including phenoxy) is 1. The van der Waals surface area contributed by atoms with Crippen molar-refractivity contribution in [1.29, 1.82) is 0 Å². The molecule has 0 saturated carbocycles. The molecule has 3 heterocycles. The van der Waals surface area contributed by atoms with E-state index in [9.17, 15) is 4.39 Å². The highest BCUT2D eigenvalue weighted by Crippen LogP contribution is 2.25. The third kappa shape index (κ3) is 5.23. The summed E-state index contributed by atoms with van der Waals surface area (Å²) in [5, 5.41) is 11.2. The first-order valence-corrected chi connectivity index (χ1v) is 10.9. The van der Waals surface area contributed by atoms with Crippen LogP contribution in [0, 0.1) is 5.82 Å². The van der Waals surface area contributed by atoms with Crippen LogP contribution in [0.5, 0.6) is 5.75 Å². The number of anilines is 1. The number of imidazole rings is 1. The molecule has 1 aliphatic rings. The summed E-state index contributed by atoms with van der Waals surface area (Å²) in [5.74, 6) is 1.21. The molecule has 1 saturated heterocycles. The van der Waals surface area contributed by atoms with Crippen molar-refractivity contribution in [3.63, 3.8) is 0 Å². The fourth-order valence-electron chi connectivity index (χ4n) is 3.64. The first kappa shape index (κ1) is 21.8. The van der Waals surface area contributed by atoms with Gasteiger partial charge in [-0.05, 0) is 74.8 Å². The van der Waals surface area contributed by atoms with Crippen LogP contribution < -0.4 is 15.4 Å². The molecule has 1 fully saturated rings. The van der Waals surface area contributed by atoms with Crippen molar-refractivity contribution < 1.29 is 9.13 Å². The van der Waals surface area contributed by atoms with Gasteiger partial charge in [0, 0.05) is 5.56 Å². The predicted octanol–water partition coefficient (Wildman–Crippen LogP) is 5.09. The standard InChI is InChI=1S/C21H19FN4O.C4H9N/c1-14(15-5-3-7-17(22)11-15)24-20-9-10-21-23-13-19(26(21)25-20)16-6-4-8-18(12-16)27-2;1-2-4-5-3-1/h3-14H,1-2H3,(H,24,25);5H,1-4H2. The molecule has 2 aromatic heterocycles. The molecule has 1 aliphatic heterocycles. The first-order valence-electron chi connectivity index (χ1n) is 10.9. The molecular formula is C25H28FN5O. The minimum atomic E-state index is -0.250. The number of hydrogen-bond donors (Lipinski definition) is 2. The molecule has 1 unspecified atom stereocenters. The van der Waals surface area contributed by atoms with E-state index in [-0.39, 0.29) is 11.9 Å². The van der Waals surface area contributed by atoms with Gasteiger partial charge in [0.05, 0.1) is 25.0 Å². The van der Waals surface area contributed by atoms with Crippen LogP contribution in [0.4, 0.5) is 10.2 Å². The van der Waals surface area contributed by atoms with Crippen LogP contribution >= 0.6 is 0 Å². The lowest BCUT2D eigenvalue weighted by Crippen LogP contribution is -2.09. The number of aromatic nitrogens is 3. The number of methoxy groups -OCH3 is 1. The van der Waals surface area contributed by atoms with E-state index in [1.54, 1.807) is 23.9 Å². The van der Waals surface area contributed by atoms with Gasteiger partial charge in [-0.3, -0.25) is 0 Å². The Kier molecular flexibility index (Phi) is 6.97. The maximum Gasteiger partial charge on any atom is 0.154 e.